The molecule has 5 nitrogen and oxygen atoms in total. The van der Waals surface area contributed by atoms with E-state index in [4.69, 9.17) is 4.74 Å². The average molecular weight is 364 g/mol. The van der Waals surface area contributed by atoms with Gasteiger partial charge in [-0.3, -0.25) is 9.59 Å². The summed E-state index contributed by atoms with van der Waals surface area (Å²) in [7, 11) is 1.61. The minimum atomic E-state index is -0.251. The number of ether oxygens (including phenoxy) is 1. The molecule has 2 aromatic rings. The van der Waals surface area contributed by atoms with Crippen molar-refractivity contribution in [3.63, 3.8) is 0 Å². The van der Waals surface area contributed by atoms with Crippen LogP contribution >= 0.6 is 0 Å². The van der Waals surface area contributed by atoms with Crippen molar-refractivity contribution in [2.75, 3.05) is 12.4 Å². The van der Waals surface area contributed by atoms with E-state index in [0.717, 1.165) is 24.2 Å². The molecule has 3 rings (SSSR count). The van der Waals surface area contributed by atoms with Crippen LogP contribution in [0.2, 0.25) is 0 Å². The first-order valence-electron chi connectivity index (χ1n) is 9.18. The van der Waals surface area contributed by atoms with E-state index in [1.54, 1.807) is 37.5 Å². The molecule has 0 spiro atoms. The van der Waals surface area contributed by atoms with Crippen molar-refractivity contribution < 1.29 is 14.3 Å². The van der Waals surface area contributed by atoms with Crippen molar-refractivity contribution in [1.29, 1.82) is 0 Å². The normalized spacial score (nSPS) is 14.3. The maximum Gasteiger partial charge on any atom is 0.251 e. The van der Waals surface area contributed by atoms with Crippen molar-refractivity contribution in [3.8, 4) is 5.75 Å². The number of hydrogen-bond donors (Lipinski definition) is 2. The number of amides is 2. The van der Waals surface area contributed by atoms with Crippen molar-refractivity contribution in [2.24, 2.45) is 0 Å². The first-order chi connectivity index (χ1) is 13.1. The van der Waals surface area contributed by atoms with Gasteiger partial charge in [-0.1, -0.05) is 31.0 Å². The smallest absolute Gasteiger partial charge is 0.251 e. The molecule has 1 saturated carbocycles. The molecule has 2 aromatic carbocycles. The number of hydrogen-bond acceptors (Lipinski definition) is 3. The third kappa shape index (κ3) is 5.45. The third-order valence-electron chi connectivity index (χ3n) is 4.63. The maximum atomic E-state index is 12.4. The molecule has 27 heavy (non-hydrogen) atoms. The molecule has 140 valence electrons. The minimum absolute atomic E-state index is 0.0910. The summed E-state index contributed by atoms with van der Waals surface area (Å²) >= 11 is 0. The standard InChI is InChI=1S/C22H24N2O3/c1-27-20-12-9-16(10-13-20)11-14-21(25)23-19-8-4-5-17(15-19)22(26)24-18-6-2-3-7-18/h4-5,8-15,18H,2-3,6-7H2,1H3,(H,23,25)(H,24,26). The summed E-state index contributed by atoms with van der Waals surface area (Å²) in [6.45, 7) is 0. The molecule has 0 heterocycles. The zero-order chi connectivity index (χ0) is 19.1. The molecule has 2 N–H and O–H groups in total. The highest BCUT2D eigenvalue weighted by Gasteiger charge is 2.18. The summed E-state index contributed by atoms with van der Waals surface area (Å²) < 4.78 is 5.11. The van der Waals surface area contributed by atoms with Crippen LogP contribution in [0.25, 0.3) is 6.08 Å². The van der Waals surface area contributed by atoms with Gasteiger partial charge in [0.15, 0.2) is 0 Å². The lowest BCUT2D eigenvalue weighted by molar-refractivity contribution is -0.111. The molecular formula is C22H24N2O3. The monoisotopic (exact) mass is 364 g/mol. The molecule has 0 bridgehead atoms. The Morgan fingerprint density at radius 1 is 1.07 bits per heavy atom. The van der Waals surface area contributed by atoms with E-state index in [9.17, 15) is 9.59 Å². The van der Waals surface area contributed by atoms with Gasteiger partial charge < -0.3 is 15.4 Å². The average Bonchev–Trinajstić information content (AvgIpc) is 3.20. The van der Waals surface area contributed by atoms with Crippen molar-refractivity contribution in [1.82, 2.24) is 5.32 Å². The van der Waals surface area contributed by atoms with Crippen molar-refractivity contribution in [2.45, 2.75) is 31.7 Å². The van der Waals surface area contributed by atoms with Gasteiger partial charge in [0.2, 0.25) is 5.91 Å². The number of nitrogens with one attached hydrogen (secondary N) is 2. The summed E-state index contributed by atoms with van der Waals surface area (Å²) in [6, 6.07) is 14.7. The van der Waals surface area contributed by atoms with Crippen LogP contribution in [-0.2, 0) is 4.79 Å². The van der Waals surface area contributed by atoms with E-state index in [0.29, 0.717) is 11.3 Å². The Kier molecular flexibility index (Phi) is 6.26. The number of rotatable bonds is 6. The summed E-state index contributed by atoms with van der Waals surface area (Å²) in [5.41, 5.74) is 2.05. The zero-order valence-corrected chi connectivity index (χ0v) is 15.4. The topological polar surface area (TPSA) is 67.4 Å². The van der Waals surface area contributed by atoms with Gasteiger partial charge in [-0.25, -0.2) is 0 Å². The van der Waals surface area contributed by atoms with Gasteiger partial charge in [0.25, 0.3) is 5.91 Å². The highest BCUT2D eigenvalue weighted by atomic mass is 16.5. The second-order valence-corrected chi connectivity index (χ2v) is 6.63. The fraction of sp³-hybridized carbons (Fsp3) is 0.273. The Hall–Kier alpha value is -3.08. The highest BCUT2D eigenvalue weighted by Crippen LogP contribution is 2.19. The lowest BCUT2D eigenvalue weighted by Gasteiger charge is -2.12. The number of benzene rings is 2. The van der Waals surface area contributed by atoms with Crippen molar-refractivity contribution >= 4 is 23.6 Å². The van der Waals surface area contributed by atoms with Gasteiger partial charge in [-0.05, 0) is 54.8 Å². The van der Waals surface area contributed by atoms with Gasteiger partial charge >= 0.3 is 0 Å². The zero-order valence-electron chi connectivity index (χ0n) is 15.4. The maximum absolute atomic E-state index is 12.4. The van der Waals surface area contributed by atoms with Crippen LogP contribution in [0.5, 0.6) is 5.75 Å². The minimum Gasteiger partial charge on any atom is -0.497 e. The Morgan fingerprint density at radius 2 is 1.81 bits per heavy atom. The Bertz CT molecular complexity index is 822. The molecule has 0 aromatic heterocycles. The summed E-state index contributed by atoms with van der Waals surface area (Å²) in [5, 5.41) is 5.85. The molecule has 1 fully saturated rings. The summed E-state index contributed by atoms with van der Waals surface area (Å²) in [4.78, 5) is 24.5. The predicted molar refractivity (Wildman–Crippen MR) is 107 cm³/mol. The quantitative estimate of drug-likeness (QED) is 0.761. The van der Waals surface area contributed by atoms with Gasteiger partial charge in [-0.2, -0.15) is 0 Å². The van der Waals surface area contributed by atoms with E-state index in [-0.39, 0.29) is 17.9 Å². The van der Waals surface area contributed by atoms with Gasteiger partial charge in [0, 0.05) is 23.4 Å². The molecule has 0 saturated heterocycles. The molecule has 1 aliphatic carbocycles. The third-order valence-corrected chi connectivity index (χ3v) is 4.63. The summed E-state index contributed by atoms with van der Waals surface area (Å²) in [5.74, 6) is 0.426. The second-order valence-electron chi connectivity index (χ2n) is 6.63. The molecule has 1 aliphatic rings. The number of anilines is 1. The predicted octanol–water partition coefficient (Wildman–Crippen LogP) is 4.02. The van der Waals surface area contributed by atoms with Crippen LogP contribution in [0, 0.1) is 0 Å². The highest BCUT2D eigenvalue weighted by molar-refractivity contribution is 6.03. The number of carbonyl (C=O) groups excluding carboxylic acids is 2. The Labute approximate surface area is 159 Å². The fourth-order valence-corrected chi connectivity index (χ4v) is 3.15. The molecule has 0 atom stereocenters. The fourth-order valence-electron chi connectivity index (χ4n) is 3.15. The summed E-state index contributed by atoms with van der Waals surface area (Å²) in [6.07, 6.45) is 7.61. The van der Waals surface area contributed by atoms with Crippen LogP contribution in [0.4, 0.5) is 5.69 Å². The lowest BCUT2D eigenvalue weighted by Crippen LogP contribution is -2.32. The van der Waals surface area contributed by atoms with Gasteiger partial charge in [-0.15, -0.1) is 0 Å². The number of carbonyl (C=O) groups is 2. The molecule has 0 aliphatic heterocycles. The molecule has 0 radical (unpaired) electrons. The van der Waals surface area contributed by atoms with E-state index in [1.807, 2.05) is 24.3 Å². The Morgan fingerprint density at radius 3 is 2.52 bits per heavy atom. The van der Waals surface area contributed by atoms with E-state index < -0.39 is 0 Å². The van der Waals surface area contributed by atoms with Crippen LogP contribution in [0.15, 0.2) is 54.6 Å². The van der Waals surface area contributed by atoms with Gasteiger partial charge in [0.05, 0.1) is 7.11 Å². The first-order valence-corrected chi connectivity index (χ1v) is 9.18. The molecule has 5 heteroatoms. The lowest BCUT2D eigenvalue weighted by atomic mass is 10.1. The largest absolute Gasteiger partial charge is 0.497 e. The molecular weight excluding hydrogens is 340 g/mol. The first kappa shape index (κ1) is 18.7. The van der Waals surface area contributed by atoms with Crippen molar-refractivity contribution in [3.05, 3.63) is 65.7 Å². The number of methoxy groups -OCH3 is 1. The van der Waals surface area contributed by atoms with Crippen LogP contribution in [0.1, 0.15) is 41.6 Å². The van der Waals surface area contributed by atoms with Crippen LogP contribution in [0.3, 0.4) is 0 Å². The second kappa shape index (κ2) is 9.03. The van der Waals surface area contributed by atoms with E-state index >= 15 is 0 Å². The Balaban J connectivity index is 1.58. The van der Waals surface area contributed by atoms with Crippen LogP contribution < -0.4 is 15.4 Å². The van der Waals surface area contributed by atoms with E-state index in [2.05, 4.69) is 10.6 Å². The molecule has 2 amide bonds. The van der Waals surface area contributed by atoms with Crippen LogP contribution in [-0.4, -0.2) is 25.0 Å². The molecule has 0 unspecified atom stereocenters. The van der Waals surface area contributed by atoms with Gasteiger partial charge in [0.1, 0.15) is 5.75 Å². The SMILES string of the molecule is COc1ccc(C=CC(=O)Nc2cccc(C(=O)NC3CCCC3)c2)cc1. The van der Waals surface area contributed by atoms with E-state index in [1.165, 1.54) is 18.9 Å².